The van der Waals surface area contributed by atoms with Crippen LogP contribution in [0.1, 0.15) is 18.1 Å². The van der Waals surface area contributed by atoms with Gasteiger partial charge in [-0.15, -0.1) is 0 Å². The van der Waals surface area contributed by atoms with Gasteiger partial charge in [-0.3, -0.25) is 4.79 Å². The number of benzene rings is 2. The van der Waals surface area contributed by atoms with Crippen molar-refractivity contribution in [3.63, 3.8) is 0 Å². The molecule has 0 unspecified atom stereocenters. The maximum atomic E-state index is 12.7. The van der Waals surface area contributed by atoms with Gasteiger partial charge in [0, 0.05) is 12.2 Å². The van der Waals surface area contributed by atoms with Crippen molar-refractivity contribution in [3.8, 4) is 0 Å². The number of carbonyl (C=O) groups is 1. The standard InChI is InChI=1S/C17H17F3N2O/c1-12(16(23)21-11-13-6-3-2-4-7-13)22-15-9-5-8-14(10-15)17(18,19)20/h2-10,12,22H,11H2,1H3,(H,21,23)/t12-/m1/s1. The quantitative estimate of drug-likeness (QED) is 0.878. The first-order chi connectivity index (χ1) is 10.9. The van der Waals surface area contributed by atoms with E-state index in [1.807, 2.05) is 30.3 Å². The summed E-state index contributed by atoms with van der Waals surface area (Å²) in [4.78, 5) is 12.0. The molecule has 2 rings (SSSR count). The molecular formula is C17H17F3N2O. The fourth-order valence-corrected chi connectivity index (χ4v) is 2.04. The number of alkyl halides is 3. The lowest BCUT2D eigenvalue weighted by Crippen LogP contribution is -2.37. The highest BCUT2D eigenvalue weighted by atomic mass is 19.4. The number of nitrogens with one attached hydrogen (secondary N) is 2. The van der Waals surface area contributed by atoms with Gasteiger partial charge < -0.3 is 10.6 Å². The minimum absolute atomic E-state index is 0.252. The lowest BCUT2D eigenvalue weighted by atomic mass is 10.1. The van der Waals surface area contributed by atoms with Crippen molar-refractivity contribution in [2.45, 2.75) is 25.7 Å². The van der Waals surface area contributed by atoms with E-state index >= 15 is 0 Å². The van der Waals surface area contributed by atoms with Crippen molar-refractivity contribution in [1.82, 2.24) is 5.32 Å². The van der Waals surface area contributed by atoms with E-state index in [0.717, 1.165) is 17.7 Å². The molecule has 1 atom stereocenters. The summed E-state index contributed by atoms with van der Waals surface area (Å²) in [6, 6.07) is 13.5. The normalized spacial score (nSPS) is 12.5. The van der Waals surface area contributed by atoms with Gasteiger partial charge in [0.2, 0.25) is 5.91 Å². The Bertz CT molecular complexity index is 656. The molecule has 6 heteroatoms. The maximum absolute atomic E-state index is 12.7. The lowest BCUT2D eigenvalue weighted by Gasteiger charge is -2.16. The molecule has 2 N–H and O–H groups in total. The van der Waals surface area contributed by atoms with Gasteiger partial charge in [-0.2, -0.15) is 13.2 Å². The van der Waals surface area contributed by atoms with Crippen LogP contribution in [0.4, 0.5) is 18.9 Å². The zero-order valence-electron chi connectivity index (χ0n) is 12.5. The first-order valence-corrected chi connectivity index (χ1v) is 7.11. The van der Waals surface area contributed by atoms with E-state index in [9.17, 15) is 18.0 Å². The first-order valence-electron chi connectivity index (χ1n) is 7.11. The summed E-state index contributed by atoms with van der Waals surface area (Å²) in [5, 5.41) is 5.52. The van der Waals surface area contributed by atoms with Gasteiger partial charge in [0.25, 0.3) is 0 Å². The number of halogens is 3. The largest absolute Gasteiger partial charge is 0.416 e. The summed E-state index contributed by atoms with van der Waals surface area (Å²) in [5.74, 6) is -0.286. The molecule has 2 aromatic rings. The Morgan fingerprint density at radius 2 is 1.78 bits per heavy atom. The van der Waals surface area contributed by atoms with Gasteiger partial charge >= 0.3 is 6.18 Å². The Labute approximate surface area is 132 Å². The van der Waals surface area contributed by atoms with Crippen molar-refractivity contribution >= 4 is 11.6 Å². The molecule has 0 saturated heterocycles. The highest BCUT2D eigenvalue weighted by molar-refractivity contribution is 5.84. The number of carbonyl (C=O) groups excluding carboxylic acids is 1. The molecule has 0 bridgehead atoms. The smallest absolute Gasteiger partial charge is 0.374 e. The van der Waals surface area contributed by atoms with E-state index in [1.54, 1.807) is 6.92 Å². The topological polar surface area (TPSA) is 41.1 Å². The molecule has 0 aliphatic rings. The Morgan fingerprint density at radius 1 is 1.09 bits per heavy atom. The zero-order chi connectivity index (χ0) is 16.9. The van der Waals surface area contributed by atoms with Crippen LogP contribution in [0.3, 0.4) is 0 Å². The number of rotatable bonds is 5. The molecule has 0 aromatic heterocycles. The van der Waals surface area contributed by atoms with Gasteiger partial charge in [-0.25, -0.2) is 0 Å². The van der Waals surface area contributed by atoms with E-state index in [-0.39, 0.29) is 11.6 Å². The van der Waals surface area contributed by atoms with Gasteiger partial charge in [-0.05, 0) is 30.7 Å². The third kappa shape index (κ3) is 5.02. The Morgan fingerprint density at radius 3 is 2.43 bits per heavy atom. The number of amides is 1. The van der Waals surface area contributed by atoms with Gasteiger partial charge in [0.05, 0.1) is 5.56 Å². The fraction of sp³-hybridized carbons (Fsp3) is 0.235. The highest BCUT2D eigenvalue weighted by Gasteiger charge is 2.30. The van der Waals surface area contributed by atoms with Crippen molar-refractivity contribution in [2.75, 3.05) is 5.32 Å². The fourth-order valence-electron chi connectivity index (χ4n) is 2.04. The number of hydrogen-bond acceptors (Lipinski definition) is 2. The van der Waals surface area contributed by atoms with E-state index in [4.69, 9.17) is 0 Å². The van der Waals surface area contributed by atoms with Crippen LogP contribution >= 0.6 is 0 Å². The van der Waals surface area contributed by atoms with Crippen LogP contribution < -0.4 is 10.6 Å². The lowest BCUT2D eigenvalue weighted by molar-refractivity contribution is -0.137. The zero-order valence-corrected chi connectivity index (χ0v) is 12.5. The first kappa shape index (κ1) is 16.9. The molecule has 0 radical (unpaired) electrons. The number of anilines is 1. The summed E-state index contributed by atoms with van der Waals surface area (Å²) >= 11 is 0. The third-order valence-corrected chi connectivity index (χ3v) is 3.28. The van der Waals surface area contributed by atoms with Crippen LogP contribution in [0.5, 0.6) is 0 Å². The summed E-state index contributed by atoms with van der Waals surface area (Å²) in [7, 11) is 0. The van der Waals surface area contributed by atoms with Crippen molar-refractivity contribution in [3.05, 3.63) is 65.7 Å². The van der Waals surface area contributed by atoms with Crippen LogP contribution in [0.2, 0.25) is 0 Å². The average molecular weight is 322 g/mol. The van der Waals surface area contributed by atoms with Crippen LogP contribution in [0.15, 0.2) is 54.6 Å². The summed E-state index contributed by atoms with van der Waals surface area (Å²) in [6.45, 7) is 1.97. The average Bonchev–Trinajstić information content (AvgIpc) is 2.53. The molecule has 2 aromatic carbocycles. The molecular weight excluding hydrogens is 305 g/mol. The van der Waals surface area contributed by atoms with Crippen LogP contribution in [0.25, 0.3) is 0 Å². The monoisotopic (exact) mass is 322 g/mol. The SMILES string of the molecule is C[C@@H](Nc1cccc(C(F)(F)F)c1)C(=O)NCc1ccccc1. The van der Waals surface area contributed by atoms with Crippen LogP contribution in [-0.4, -0.2) is 11.9 Å². The molecule has 1 amide bonds. The Balaban J connectivity index is 1.93. The second-order valence-electron chi connectivity index (χ2n) is 5.15. The van der Waals surface area contributed by atoms with Crippen molar-refractivity contribution < 1.29 is 18.0 Å². The molecule has 0 aliphatic carbocycles. The highest BCUT2D eigenvalue weighted by Crippen LogP contribution is 2.30. The van der Waals surface area contributed by atoms with E-state index in [1.165, 1.54) is 12.1 Å². The molecule has 3 nitrogen and oxygen atoms in total. The molecule has 0 saturated carbocycles. The van der Waals surface area contributed by atoms with Crippen LogP contribution in [-0.2, 0) is 17.5 Å². The second kappa shape index (κ2) is 7.17. The summed E-state index contributed by atoms with van der Waals surface area (Å²) in [6.07, 6.45) is -4.41. The minimum Gasteiger partial charge on any atom is -0.374 e. The maximum Gasteiger partial charge on any atom is 0.416 e. The summed E-state index contributed by atoms with van der Waals surface area (Å²) < 4.78 is 38.0. The van der Waals surface area contributed by atoms with E-state index in [0.29, 0.717) is 6.54 Å². The molecule has 23 heavy (non-hydrogen) atoms. The second-order valence-corrected chi connectivity index (χ2v) is 5.15. The van der Waals surface area contributed by atoms with Crippen molar-refractivity contribution in [2.24, 2.45) is 0 Å². The molecule has 0 heterocycles. The minimum atomic E-state index is -4.41. The Kier molecular flexibility index (Phi) is 5.26. The third-order valence-electron chi connectivity index (χ3n) is 3.28. The Hall–Kier alpha value is -2.50. The van der Waals surface area contributed by atoms with E-state index in [2.05, 4.69) is 10.6 Å². The van der Waals surface area contributed by atoms with Crippen molar-refractivity contribution in [1.29, 1.82) is 0 Å². The predicted octanol–water partition coefficient (Wildman–Crippen LogP) is 3.82. The van der Waals surface area contributed by atoms with E-state index < -0.39 is 17.8 Å². The molecule has 122 valence electrons. The molecule has 0 spiro atoms. The summed E-state index contributed by atoms with van der Waals surface area (Å²) in [5.41, 5.74) is 0.452. The molecule has 0 aliphatic heterocycles. The number of hydrogen-bond donors (Lipinski definition) is 2. The van der Waals surface area contributed by atoms with Gasteiger partial charge in [0.15, 0.2) is 0 Å². The van der Waals surface area contributed by atoms with Crippen LogP contribution in [0, 0.1) is 0 Å². The van der Waals surface area contributed by atoms with Gasteiger partial charge in [-0.1, -0.05) is 36.4 Å². The molecule has 0 fully saturated rings. The van der Waals surface area contributed by atoms with Gasteiger partial charge in [0.1, 0.15) is 6.04 Å². The predicted molar refractivity (Wildman–Crippen MR) is 82.8 cm³/mol.